The monoisotopic (exact) mass is 308 g/mol. The zero-order chi connectivity index (χ0) is 15.9. The molecule has 2 rings (SSSR count). The van der Waals surface area contributed by atoms with E-state index < -0.39 is 0 Å². The van der Waals surface area contributed by atoms with E-state index in [2.05, 4.69) is 0 Å². The lowest BCUT2D eigenvalue weighted by molar-refractivity contribution is -0.132. The highest BCUT2D eigenvalue weighted by molar-refractivity contribution is 5.76. The quantitative estimate of drug-likeness (QED) is 0.788. The predicted molar refractivity (Wildman–Crippen MR) is 82.7 cm³/mol. The molecule has 1 aliphatic heterocycles. The van der Waals surface area contributed by atoms with Crippen LogP contribution in [0.15, 0.2) is 18.2 Å². The molecule has 1 aliphatic rings. The fraction of sp³-hybridized carbons (Fsp3) is 0.562. The van der Waals surface area contributed by atoms with Crippen LogP contribution in [0.1, 0.15) is 25.3 Å². The number of amides is 1. The van der Waals surface area contributed by atoms with Crippen molar-refractivity contribution in [3.63, 3.8) is 0 Å². The molecule has 122 valence electrons. The minimum Gasteiger partial charge on any atom is -0.454 e. The van der Waals surface area contributed by atoms with E-state index >= 15 is 0 Å². The molecular weight excluding hydrogens is 284 g/mol. The van der Waals surface area contributed by atoms with Crippen LogP contribution in [0.5, 0.6) is 11.5 Å². The number of methoxy groups -OCH3 is 1. The summed E-state index contributed by atoms with van der Waals surface area (Å²) in [5.74, 6) is 1.56. The van der Waals surface area contributed by atoms with Gasteiger partial charge in [-0.15, -0.1) is 0 Å². The molecule has 0 fully saturated rings. The fourth-order valence-electron chi connectivity index (χ4n) is 2.26. The smallest absolute Gasteiger partial charge is 0.231 e. The van der Waals surface area contributed by atoms with Crippen molar-refractivity contribution >= 4 is 5.91 Å². The third-order valence-corrected chi connectivity index (χ3v) is 3.54. The summed E-state index contributed by atoms with van der Waals surface area (Å²) in [4.78, 5) is 14.1. The Hall–Kier alpha value is -1.79. The number of hydrogen-bond acceptors (Lipinski definition) is 5. The molecule has 0 spiro atoms. The second-order valence-electron chi connectivity index (χ2n) is 5.51. The number of carbonyl (C=O) groups excluding carboxylic acids is 1. The van der Waals surface area contributed by atoms with Gasteiger partial charge in [0, 0.05) is 32.7 Å². The Morgan fingerprint density at radius 2 is 2.18 bits per heavy atom. The summed E-state index contributed by atoms with van der Waals surface area (Å²) in [5.41, 5.74) is 6.74. The molecule has 1 heterocycles. The molecule has 1 aromatic carbocycles. The lowest BCUT2D eigenvalue weighted by atomic mass is 10.1. The molecule has 0 radical (unpaired) electrons. The van der Waals surface area contributed by atoms with E-state index in [0.29, 0.717) is 32.5 Å². The lowest BCUT2D eigenvalue weighted by Crippen LogP contribution is -2.34. The molecule has 6 nitrogen and oxygen atoms in total. The van der Waals surface area contributed by atoms with Gasteiger partial charge in [-0.05, 0) is 31.0 Å². The molecule has 6 heteroatoms. The Bertz CT molecular complexity index is 505. The molecule has 1 unspecified atom stereocenters. The Kier molecular flexibility index (Phi) is 6.03. The molecule has 0 saturated heterocycles. The van der Waals surface area contributed by atoms with Crippen LogP contribution in [0.2, 0.25) is 0 Å². The van der Waals surface area contributed by atoms with Gasteiger partial charge in [-0.25, -0.2) is 0 Å². The second-order valence-corrected chi connectivity index (χ2v) is 5.51. The van der Waals surface area contributed by atoms with Gasteiger partial charge in [0.05, 0.1) is 6.61 Å². The first-order chi connectivity index (χ1) is 10.6. The van der Waals surface area contributed by atoms with Gasteiger partial charge in [0.25, 0.3) is 0 Å². The summed E-state index contributed by atoms with van der Waals surface area (Å²) >= 11 is 0. The summed E-state index contributed by atoms with van der Waals surface area (Å²) < 4.78 is 15.8. The van der Waals surface area contributed by atoms with Crippen LogP contribution < -0.4 is 15.2 Å². The number of nitrogens with zero attached hydrogens (tertiary/aromatic N) is 1. The molecule has 1 aromatic rings. The Balaban J connectivity index is 2.00. The first-order valence-corrected chi connectivity index (χ1v) is 7.51. The van der Waals surface area contributed by atoms with E-state index in [4.69, 9.17) is 19.9 Å². The number of hydrogen-bond donors (Lipinski definition) is 1. The summed E-state index contributed by atoms with van der Waals surface area (Å²) in [5, 5.41) is 0. The molecule has 1 atom stereocenters. The minimum absolute atomic E-state index is 0.0266. The second kappa shape index (κ2) is 8.00. The van der Waals surface area contributed by atoms with Gasteiger partial charge in [0.1, 0.15) is 0 Å². The van der Waals surface area contributed by atoms with Crippen molar-refractivity contribution in [2.75, 3.05) is 27.1 Å². The Morgan fingerprint density at radius 1 is 1.41 bits per heavy atom. The fourth-order valence-corrected chi connectivity index (χ4v) is 2.26. The number of ether oxygens (including phenoxy) is 3. The largest absolute Gasteiger partial charge is 0.454 e. The van der Waals surface area contributed by atoms with E-state index in [1.807, 2.05) is 25.1 Å². The van der Waals surface area contributed by atoms with Crippen molar-refractivity contribution in [1.29, 1.82) is 0 Å². The van der Waals surface area contributed by atoms with E-state index in [-0.39, 0.29) is 18.7 Å². The van der Waals surface area contributed by atoms with Crippen molar-refractivity contribution in [3.05, 3.63) is 23.8 Å². The summed E-state index contributed by atoms with van der Waals surface area (Å²) in [7, 11) is 1.63. The van der Waals surface area contributed by atoms with E-state index in [1.54, 1.807) is 12.0 Å². The average Bonchev–Trinajstić information content (AvgIpc) is 2.96. The van der Waals surface area contributed by atoms with Crippen molar-refractivity contribution in [3.8, 4) is 11.5 Å². The van der Waals surface area contributed by atoms with Crippen LogP contribution in [0.25, 0.3) is 0 Å². The van der Waals surface area contributed by atoms with Crippen LogP contribution in [-0.4, -0.2) is 43.9 Å². The van der Waals surface area contributed by atoms with Crippen molar-refractivity contribution in [2.45, 2.75) is 32.4 Å². The maximum Gasteiger partial charge on any atom is 0.231 e. The highest BCUT2D eigenvalue weighted by Crippen LogP contribution is 2.32. The Morgan fingerprint density at radius 3 is 2.91 bits per heavy atom. The summed E-state index contributed by atoms with van der Waals surface area (Å²) in [6, 6.07) is 5.77. The highest BCUT2D eigenvalue weighted by atomic mass is 16.7. The lowest BCUT2D eigenvalue weighted by Gasteiger charge is -2.23. The van der Waals surface area contributed by atoms with Gasteiger partial charge >= 0.3 is 0 Å². The SMILES string of the molecule is COCCN(Cc1ccc2c(c1)OCO2)C(=O)CCC(C)N. The van der Waals surface area contributed by atoms with Crippen LogP contribution in [-0.2, 0) is 16.1 Å². The van der Waals surface area contributed by atoms with Crippen LogP contribution >= 0.6 is 0 Å². The third-order valence-electron chi connectivity index (χ3n) is 3.54. The number of nitrogens with two attached hydrogens (primary N) is 1. The standard InChI is InChI=1S/C16H24N2O4/c1-12(17)3-6-16(19)18(7-8-20-2)10-13-4-5-14-15(9-13)22-11-21-14/h4-5,9,12H,3,6-8,10-11,17H2,1-2H3. The van der Waals surface area contributed by atoms with Crippen LogP contribution in [0.3, 0.4) is 0 Å². The maximum atomic E-state index is 12.4. The van der Waals surface area contributed by atoms with Gasteiger partial charge in [-0.1, -0.05) is 6.07 Å². The molecule has 0 saturated carbocycles. The predicted octanol–water partition coefficient (Wildman–Crippen LogP) is 1.52. The highest BCUT2D eigenvalue weighted by Gasteiger charge is 2.17. The minimum atomic E-state index is 0.0266. The van der Waals surface area contributed by atoms with Gasteiger partial charge in [-0.2, -0.15) is 0 Å². The number of benzene rings is 1. The first kappa shape index (κ1) is 16.6. The third kappa shape index (κ3) is 4.61. The summed E-state index contributed by atoms with van der Waals surface area (Å²) in [6.45, 7) is 3.75. The molecule has 22 heavy (non-hydrogen) atoms. The average molecular weight is 308 g/mol. The van der Waals surface area contributed by atoms with Crippen molar-refractivity contribution in [1.82, 2.24) is 4.90 Å². The van der Waals surface area contributed by atoms with E-state index in [9.17, 15) is 4.79 Å². The van der Waals surface area contributed by atoms with E-state index in [0.717, 1.165) is 17.1 Å². The first-order valence-electron chi connectivity index (χ1n) is 7.51. The van der Waals surface area contributed by atoms with Gasteiger partial charge < -0.3 is 24.8 Å². The van der Waals surface area contributed by atoms with E-state index in [1.165, 1.54) is 0 Å². The van der Waals surface area contributed by atoms with Gasteiger partial charge in [-0.3, -0.25) is 4.79 Å². The van der Waals surface area contributed by atoms with Crippen molar-refractivity contribution in [2.24, 2.45) is 5.73 Å². The molecule has 0 bridgehead atoms. The van der Waals surface area contributed by atoms with Crippen LogP contribution in [0, 0.1) is 0 Å². The number of carbonyl (C=O) groups is 1. The number of rotatable bonds is 8. The topological polar surface area (TPSA) is 74.0 Å². The van der Waals surface area contributed by atoms with Crippen LogP contribution in [0.4, 0.5) is 0 Å². The summed E-state index contributed by atoms with van der Waals surface area (Å²) in [6.07, 6.45) is 1.13. The molecule has 2 N–H and O–H groups in total. The Labute approximate surface area is 131 Å². The number of fused-ring (bicyclic) bond motifs is 1. The molecular formula is C16H24N2O4. The molecule has 1 amide bonds. The zero-order valence-electron chi connectivity index (χ0n) is 13.2. The van der Waals surface area contributed by atoms with Gasteiger partial charge in [0.15, 0.2) is 11.5 Å². The molecule has 0 aromatic heterocycles. The molecule has 0 aliphatic carbocycles. The zero-order valence-corrected chi connectivity index (χ0v) is 13.2. The van der Waals surface area contributed by atoms with Gasteiger partial charge in [0.2, 0.25) is 12.7 Å². The van der Waals surface area contributed by atoms with Crippen molar-refractivity contribution < 1.29 is 19.0 Å². The maximum absolute atomic E-state index is 12.4. The normalized spacial score (nSPS) is 14.0.